The second-order valence-corrected chi connectivity index (χ2v) is 9.29. The quantitative estimate of drug-likeness (QED) is 0.459. The highest BCUT2D eigenvalue weighted by atomic mass is 32.2. The van der Waals surface area contributed by atoms with Crippen LogP contribution in [0.2, 0.25) is 0 Å². The number of anilines is 1. The minimum atomic E-state index is -0.0283. The molecule has 0 spiro atoms. The molecule has 0 aliphatic carbocycles. The lowest BCUT2D eigenvalue weighted by atomic mass is 10.1. The minimum absolute atomic E-state index is 0.0283. The first kappa shape index (κ1) is 22.4. The van der Waals surface area contributed by atoms with Crippen LogP contribution in [0.3, 0.4) is 0 Å². The third-order valence-corrected chi connectivity index (χ3v) is 6.99. The number of aryl methyl sites for hydroxylation is 2. The molecule has 3 heterocycles. The van der Waals surface area contributed by atoms with Crippen molar-refractivity contribution in [3.8, 4) is 0 Å². The Labute approximate surface area is 194 Å². The average Bonchev–Trinajstić information content (AvgIpc) is 3.15. The molecule has 0 unspecified atom stereocenters. The molecule has 1 aliphatic rings. The molecule has 6 nitrogen and oxygen atoms in total. The summed E-state index contributed by atoms with van der Waals surface area (Å²) in [7, 11) is 1.84. The first-order valence-corrected chi connectivity index (χ1v) is 12.1. The number of piperidine rings is 1. The van der Waals surface area contributed by atoms with Gasteiger partial charge in [-0.2, -0.15) is 0 Å². The van der Waals surface area contributed by atoms with Crippen LogP contribution in [0, 0.1) is 13.8 Å². The Morgan fingerprint density at radius 3 is 2.56 bits per heavy atom. The van der Waals surface area contributed by atoms with E-state index in [2.05, 4.69) is 39.3 Å². The van der Waals surface area contributed by atoms with Gasteiger partial charge in [-0.1, -0.05) is 17.3 Å². The van der Waals surface area contributed by atoms with Crippen LogP contribution in [0.25, 0.3) is 0 Å². The summed E-state index contributed by atoms with van der Waals surface area (Å²) in [6.45, 7) is 6.66. The minimum Gasteiger partial charge on any atom is -0.372 e. The van der Waals surface area contributed by atoms with Gasteiger partial charge < -0.3 is 14.3 Å². The average molecular weight is 451 g/mol. The Bertz CT molecular complexity index is 1040. The van der Waals surface area contributed by atoms with E-state index in [1.807, 2.05) is 33.0 Å². The molecule has 1 saturated heterocycles. The highest BCUT2D eigenvalue weighted by Crippen LogP contribution is 2.28. The van der Waals surface area contributed by atoms with Crippen molar-refractivity contribution in [1.82, 2.24) is 15.0 Å². The summed E-state index contributed by atoms with van der Waals surface area (Å²) < 4.78 is 5.25. The Morgan fingerprint density at radius 1 is 1.12 bits per heavy atom. The molecule has 168 valence electrons. The number of aromatic nitrogens is 2. The van der Waals surface area contributed by atoms with Crippen molar-refractivity contribution in [2.24, 2.45) is 0 Å². The molecule has 4 rings (SSSR count). The fraction of sp³-hybridized carbons (Fsp3) is 0.400. The van der Waals surface area contributed by atoms with E-state index in [-0.39, 0.29) is 5.91 Å². The third-order valence-electron chi connectivity index (χ3n) is 5.96. The van der Waals surface area contributed by atoms with Gasteiger partial charge in [0.25, 0.3) is 5.91 Å². The number of carbonyl (C=O) groups is 1. The molecule has 0 N–H and O–H groups in total. The predicted molar refractivity (Wildman–Crippen MR) is 128 cm³/mol. The van der Waals surface area contributed by atoms with Crippen molar-refractivity contribution in [2.75, 3.05) is 25.0 Å². The maximum absolute atomic E-state index is 13.2. The molecule has 0 saturated carbocycles. The number of carbonyl (C=O) groups excluding carboxylic acids is 1. The number of pyridine rings is 1. The van der Waals surface area contributed by atoms with Crippen molar-refractivity contribution in [3.63, 3.8) is 0 Å². The number of benzene rings is 1. The lowest BCUT2D eigenvalue weighted by molar-refractivity contribution is 0.0781. The van der Waals surface area contributed by atoms with Gasteiger partial charge in [0.2, 0.25) is 0 Å². The van der Waals surface area contributed by atoms with E-state index in [1.165, 1.54) is 36.7 Å². The molecule has 7 heteroatoms. The van der Waals surface area contributed by atoms with Crippen molar-refractivity contribution in [2.45, 2.75) is 50.4 Å². The second kappa shape index (κ2) is 10.2. The van der Waals surface area contributed by atoms with Crippen LogP contribution in [0.4, 0.5) is 5.69 Å². The van der Waals surface area contributed by atoms with Crippen LogP contribution < -0.4 is 4.90 Å². The van der Waals surface area contributed by atoms with Crippen LogP contribution in [0.5, 0.6) is 0 Å². The zero-order valence-electron chi connectivity index (χ0n) is 19.0. The molecule has 1 aliphatic heterocycles. The smallest absolute Gasteiger partial charge is 0.256 e. The lowest BCUT2D eigenvalue weighted by Crippen LogP contribution is -2.29. The van der Waals surface area contributed by atoms with Crippen LogP contribution >= 0.6 is 11.8 Å². The van der Waals surface area contributed by atoms with Gasteiger partial charge in [-0.3, -0.25) is 4.79 Å². The largest absolute Gasteiger partial charge is 0.372 e. The van der Waals surface area contributed by atoms with Crippen molar-refractivity contribution >= 4 is 23.4 Å². The highest BCUT2D eigenvalue weighted by molar-refractivity contribution is 7.98. The Balaban J connectivity index is 1.41. The highest BCUT2D eigenvalue weighted by Gasteiger charge is 2.19. The molecule has 3 aromatic rings. The molecule has 2 aromatic heterocycles. The summed E-state index contributed by atoms with van der Waals surface area (Å²) in [5.41, 5.74) is 4.95. The fourth-order valence-electron chi connectivity index (χ4n) is 4.03. The number of rotatable bonds is 7. The number of nitrogens with zero attached hydrogens (tertiary/aromatic N) is 4. The second-order valence-electron chi connectivity index (χ2n) is 8.32. The SMILES string of the molecule is Cc1noc(C)c1CSc1ncccc1C(=O)N(C)Cc1ccc(N2CCCCC2)cc1. The topological polar surface area (TPSA) is 62.5 Å². The number of hydrogen-bond acceptors (Lipinski definition) is 6. The van der Waals surface area contributed by atoms with Crippen LogP contribution in [0.15, 0.2) is 52.1 Å². The van der Waals surface area contributed by atoms with Gasteiger partial charge in [-0.25, -0.2) is 4.98 Å². The summed E-state index contributed by atoms with van der Waals surface area (Å²) in [5.74, 6) is 1.45. The van der Waals surface area contributed by atoms with Gasteiger partial charge in [-0.05, 0) is 62.9 Å². The predicted octanol–water partition coefficient (Wildman–Crippen LogP) is 5.24. The number of amides is 1. The molecule has 1 fully saturated rings. The van der Waals surface area contributed by atoms with E-state index in [0.717, 1.165) is 40.7 Å². The maximum atomic E-state index is 13.2. The molecule has 1 aromatic carbocycles. The van der Waals surface area contributed by atoms with E-state index >= 15 is 0 Å². The van der Waals surface area contributed by atoms with Crippen molar-refractivity contribution < 1.29 is 9.32 Å². The Hall–Kier alpha value is -2.80. The van der Waals surface area contributed by atoms with Crippen molar-refractivity contribution in [3.05, 3.63) is 70.7 Å². The monoisotopic (exact) mass is 450 g/mol. The van der Waals surface area contributed by atoms with Crippen LogP contribution in [0.1, 0.15) is 52.2 Å². The lowest BCUT2D eigenvalue weighted by Gasteiger charge is -2.29. The summed E-state index contributed by atoms with van der Waals surface area (Å²) >= 11 is 1.54. The summed E-state index contributed by atoms with van der Waals surface area (Å²) in [4.78, 5) is 21.9. The van der Waals surface area contributed by atoms with Gasteiger partial charge in [0.05, 0.1) is 11.3 Å². The summed E-state index contributed by atoms with van der Waals surface area (Å²) in [6.07, 6.45) is 5.58. The first-order chi connectivity index (χ1) is 15.5. The summed E-state index contributed by atoms with van der Waals surface area (Å²) in [5, 5.41) is 4.74. The standard InChI is InChI=1S/C25H30N4O2S/c1-18-23(19(2)31-27-18)17-32-24-22(8-7-13-26-24)25(30)28(3)16-20-9-11-21(12-10-20)29-14-5-4-6-15-29/h7-13H,4-6,14-17H2,1-3H3. The maximum Gasteiger partial charge on any atom is 0.256 e. The molecule has 1 amide bonds. The molecule has 32 heavy (non-hydrogen) atoms. The van der Waals surface area contributed by atoms with E-state index in [1.54, 1.807) is 11.1 Å². The number of hydrogen-bond donors (Lipinski definition) is 0. The van der Waals surface area contributed by atoms with Crippen molar-refractivity contribution in [1.29, 1.82) is 0 Å². The molecule has 0 radical (unpaired) electrons. The Kier molecular flexibility index (Phi) is 7.15. The van der Waals surface area contributed by atoms with Gasteiger partial charge in [0.15, 0.2) is 0 Å². The van der Waals surface area contributed by atoms with Gasteiger partial charge >= 0.3 is 0 Å². The van der Waals surface area contributed by atoms with E-state index in [0.29, 0.717) is 17.9 Å². The van der Waals surface area contributed by atoms with Gasteiger partial charge in [0, 0.05) is 49.9 Å². The molecular weight excluding hydrogens is 420 g/mol. The number of thioether (sulfide) groups is 1. The van der Waals surface area contributed by atoms with E-state index < -0.39 is 0 Å². The molecular formula is C25H30N4O2S. The normalized spacial score (nSPS) is 13.9. The van der Waals surface area contributed by atoms with E-state index in [9.17, 15) is 4.79 Å². The zero-order chi connectivity index (χ0) is 22.5. The Morgan fingerprint density at radius 2 is 1.88 bits per heavy atom. The van der Waals surface area contributed by atoms with Gasteiger partial charge in [0.1, 0.15) is 10.8 Å². The van der Waals surface area contributed by atoms with Gasteiger partial charge in [-0.15, -0.1) is 11.8 Å². The summed E-state index contributed by atoms with van der Waals surface area (Å²) in [6, 6.07) is 12.3. The molecule has 0 bridgehead atoms. The third kappa shape index (κ3) is 5.15. The zero-order valence-corrected chi connectivity index (χ0v) is 19.8. The molecule has 0 atom stereocenters. The fourth-order valence-corrected chi connectivity index (χ4v) is 5.17. The van der Waals surface area contributed by atoms with E-state index in [4.69, 9.17) is 4.52 Å². The van der Waals surface area contributed by atoms with Crippen LogP contribution in [-0.4, -0.2) is 41.1 Å². The van der Waals surface area contributed by atoms with Crippen LogP contribution in [-0.2, 0) is 12.3 Å². The first-order valence-electron chi connectivity index (χ1n) is 11.1.